The van der Waals surface area contributed by atoms with E-state index in [2.05, 4.69) is 19.2 Å². The molecule has 0 aromatic heterocycles. The third-order valence-electron chi connectivity index (χ3n) is 3.42. The van der Waals surface area contributed by atoms with Crippen molar-refractivity contribution in [1.29, 1.82) is 0 Å². The summed E-state index contributed by atoms with van der Waals surface area (Å²) < 4.78 is 5.69. The van der Waals surface area contributed by atoms with E-state index in [0.29, 0.717) is 12.5 Å². The summed E-state index contributed by atoms with van der Waals surface area (Å²) in [6.07, 6.45) is 3.93. The molecule has 0 bridgehead atoms. The molecule has 2 atom stereocenters. The van der Waals surface area contributed by atoms with Gasteiger partial charge < -0.3 is 9.64 Å². The van der Waals surface area contributed by atoms with E-state index in [1.165, 1.54) is 6.42 Å². The first-order chi connectivity index (χ1) is 7.68. The van der Waals surface area contributed by atoms with Gasteiger partial charge in [0.2, 0.25) is 5.91 Å². The van der Waals surface area contributed by atoms with Crippen molar-refractivity contribution in [1.82, 2.24) is 10.2 Å². The minimum absolute atomic E-state index is 0.193. The molecule has 2 fully saturated rings. The topological polar surface area (TPSA) is 41.6 Å². The third kappa shape index (κ3) is 2.55. The van der Waals surface area contributed by atoms with Gasteiger partial charge in [-0.3, -0.25) is 10.1 Å². The van der Waals surface area contributed by atoms with Crippen molar-refractivity contribution in [3.63, 3.8) is 0 Å². The zero-order chi connectivity index (χ0) is 11.5. The summed E-state index contributed by atoms with van der Waals surface area (Å²) in [6.45, 7) is 6.38. The lowest BCUT2D eigenvalue weighted by atomic mass is 10.1. The Labute approximate surface area is 97.3 Å². The molecule has 0 aromatic rings. The van der Waals surface area contributed by atoms with E-state index in [9.17, 15) is 4.79 Å². The minimum Gasteiger partial charge on any atom is -0.376 e. The van der Waals surface area contributed by atoms with Gasteiger partial charge in [-0.05, 0) is 25.2 Å². The Hall–Kier alpha value is -0.610. The molecule has 92 valence electrons. The van der Waals surface area contributed by atoms with Crippen LogP contribution in [-0.4, -0.2) is 42.8 Å². The van der Waals surface area contributed by atoms with Crippen molar-refractivity contribution in [3.05, 3.63) is 0 Å². The lowest BCUT2D eigenvalue weighted by molar-refractivity contribution is -0.131. The molecule has 16 heavy (non-hydrogen) atoms. The van der Waals surface area contributed by atoms with Crippen molar-refractivity contribution in [2.24, 2.45) is 5.92 Å². The Morgan fingerprint density at radius 3 is 2.94 bits per heavy atom. The standard InChI is InChI=1S/C12H22N2O2/c1-9(2)12-13-7-11(15)14(12)8-10-5-3-4-6-16-10/h9-10,12-13H,3-8H2,1-2H3. The van der Waals surface area contributed by atoms with Crippen LogP contribution in [0.15, 0.2) is 0 Å². The Bertz CT molecular complexity index is 249. The van der Waals surface area contributed by atoms with Gasteiger partial charge in [0.05, 0.1) is 18.8 Å². The Balaban J connectivity index is 1.92. The Morgan fingerprint density at radius 1 is 1.50 bits per heavy atom. The summed E-state index contributed by atoms with van der Waals surface area (Å²) in [5, 5.41) is 3.27. The first-order valence-electron chi connectivity index (χ1n) is 6.33. The molecule has 2 saturated heterocycles. The molecule has 2 aliphatic heterocycles. The van der Waals surface area contributed by atoms with Gasteiger partial charge in [-0.1, -0.05) is 13.8 Å². The second kappa shape index (κ2) is 5.15. The molecule has 2 rings (SSSR count). The van der Waals surface area contributed by atoms with Gasteiger partial charge in [0.1, 0.15) is 0 Å². The fourth-order valence-electron chi connectivity index (χ4n) is 2.54. The molecule has 0 aromatic carbocycles. The maximum absolute atomic E-state index is 11.8. The number of nitrogens with one attached hydrogen (secondary N) is 1. The van der Waals surface area contributed by atoms with Crippen LogP contribution < -0.4 is 5.32 Å². The van der Waals surface area contributed by atoms with E-state index in [1.807, 2.05) is 4.90 Å². The van der Waals surface area contributed by atoms with E-state index in [1.54, 1.807) is 0 Å². The highest BCUT2D eigenvalue weighted by Crippen LogP contribution is 2.19. The van der Waals surface area contributed by atoms with Crippen LogP contribution in [0.1, 0.15) is 33.1 Å². The number of carbonyl (C=O) groups excluding carboxylic acids is 1. The predicted molar refractivity (Wildman–Crippen MR) is 61.9 cm³/mol. The van der Waals surface area contributed by atoms with Gasteiger partial charge in [0.15, 0.2) is 0 Å². The summed E-state index contributed by atoms with van der Waals surface area (Å²) >= 11 is 0. The molecule has 4 nitrogen and oxygen atoms in total. The maximum atomic E-state index is 11.8. The molecule has 0 spiro atoms. The van der Waals surface area contributed by atoms with Crippen LogP contribution in [0.25, 0.3) is 0 Å². The second-order valence-electron chi connectivity index (χ2n) is 5.10. The van der Waals surface area contributed by atoms with Gasteiger partial charge in [-0.15, -0.1) is 0 Å². The molecular weight excluding hydrogens is 204 g/mol. The van der Waals surface area contributed by atoms with Crippen molar-refractivity contribution < 1.29 is 9.53 Å². The van der Waals surface area contributed by atoms with E-state index in [-0.39, 0.29) is 18.2 Å². The highest BCUT2D eigenvalue weighted by Gasteiger charge is 2.34. The second-order valence-corrected chi connectivity index (χ2v) is 5.10. The Kier molecular flexibility index (Phi) is 3.82. The van der Waals surface area contributed by atoms with Crippen LogP contribution >= 0.6 is 0 Å². The van der Waals surface area contributed by atoms with Crippen LogP contribution in [0.2, 0.25) is 0 Å². The lowest BCUT2D eigenvalue weighted by Crippen LogP contribution is -2.46. The summed E-state index contributed by atoms with van der Waals surface area (Å²) in [7, 11) is 0. The molecule has 2 aliphatic rings. The highest BCUT2D eigenvalue weighted by molar-refractivity contribution is 5.80. The number of rotatable bonds is 3. The van der Waals surface area contributed by atoms with Crippen LogP contribution in [0.3, 0.4) is 0 Å². The van der Waals surface area contributed by atoms with Gasteiger partial charge in [-0.25, -0.2) is 0 Å². The average molecular weight is 226 g/mol. The van der Waals surface area contributed by atoms with E-state index in [4.69, 9.17) is 4.74 Å². The highest BCUT2D eigenvalue weighted by atomic mass is 16.5. The molecule has 4 heteroatoms. The fourth-order valence-corrected chi connectivity index (χ4v) is 2.54. The monoisotopic (exact) mass is 226 g/mol. The number of hydrogen-bond acceptors (Lipinski definition) is 3. The van der Waals surface area contributed by atoms with Gasteiger partial charge in [0, 0.05) is 13.2 Å². The van der Waals surface area contributed by atoms with Crippen molar-refractivity contribution in [2.45, 2.75) is 45.4 Å². The number of nitrogens with zero attached hydrogens (tertiary/aromatic N) is 1. The molecular formula is C12H22N2O2. The average Bonchev–Trinajstić information content (AvgIpc) is 2.62. The van der Waals surface area contributed by atoms with Crippen molar-refractivity contribution in [2.75, 3.05) is 19.7 Å². The quantitative estimate of drug-likeness (QED) is 0.779. The lowest BCUT2D eigenvalue weighted by Gasteiger charge is -2.32. The molecule has 2 heterocycles. The van der Waals surface area contributed by atoms with Crippen LogP contribution in [-0.2, 0) is 9.53 Å². The van der Waals surface area contributed by atoms with Gasteiger partial charge in [0.25, 0.3) is 0 Å². The largest absolute Gasteiger partial charge is 0.376 e. The third-order valence-corrected chi connectivity index (χ3v) is 3.42. The van der Waals surface area contributed by atoms with Crippen molar-refractivity contribution in [3.8, 4) is 0 Å². The number of amides is 1. The number of ether oxygens (including phenoxy) is 1. The SMILES string of the molecule is CC(C)C1NCC(=O)N1CC1CCCCO1. The normalized spacial score (nSPS) is 31.4. The molecule has 0 aliphatic carbocycles. The van der Waals surface area contributed by atoms with Crippen LogP contribution in [0.4, 0.5) is 0 Å². The fraction of sp³-hybridized carbons (Fsp3) is 0.917. The van der Waals surface area contributed by atoms with Crippen LogP contribution in [0, 0.1) is 5.92 Å². The molecule has 2 unspecified atom stereocenters. The summed E-state index contributed by atoms with van der Waals surface area (Å²) in [5.74, 6) is 0.669. The van der Waals surface area contributed by atoms with E-state index < -0.39 is 0 Å². The molecule has 1 amide bonds. The van der Waals surface area contributed by atoms with E-state index >= 15 is 0 Å². The minimum atomic E-state index is 0.193. The zero-order valence-electron chi connectivity index (χ0n) is 10.2. The summed E-state index contributed by atoms with van der Waals surface area (Å²) in [4.78, 5) is 13.7. The molecule has 1 N–H and O–H groups in total. The van der Waals surface area contributed by atoms with E-state index in [0.717, 1.165) is 26.0 Å². The van der Waals surface area contributed by atoms with Gasteiger partial charge in [-0.2, -0.15) is 0 Å². The zero-order valence-corrected chi connectivity index (χ0v) is 10.2. The number of hydrogen-bond donors (Lipinski definition) is 1. The maximum Gasteiger partial charge on any atom is 0.237 e. The van der Waals surface area contributed by atoms with Gasteiger partial charge >= 0.3 is 0 Å². The summed E-state index contributed by atoms with van der Waals surface area (Å²) in [6, 6.07) is 0. The first kappa shape index (κ1) is 11.9. The van der Waals surface area contributed by atoms with Crippen LogP contribution in [0.5, 0.6) is 0 Å². The van der Waals surface area contributed by atoms with Crippen molar-refractivity contribution >= 4 is 5.91 Å². The first-order valence-corrected chi connectivity index (χ1v) is 6.33. The number of carbonyl (C=O) groups is 1. The summed E-state index contributed by atoms with van der Waals surface area (Å²) in [5.41, 5.74) is 0. The molecule has 0 saturated carbocycles. The smallest absolute Gasteiger partial charge is 0.237 e. The Morgan fingerprint density at radius 2 is 2.31 bits per heavy atom. The predicted octanol–water partition coefficient (Wildman–Crippen LogP) is 0.969. The molecule has 0 radical (unpaired) electrons.